The highest BCUT2D eigenvalue weighted by atomic mass is 16.5. The molecule has 1 aromatic heterocycles. The Labute approximate surface area is 120 Å². The van der Waals surface area contributed by atoms with Crippen molar-refractivity contribution >= 4 is 5.84 Å². The van der Waals surface area contributed by atoms with E-state index in [1.807, 2.05) is 20.8 Å². The Balaban J connectivity index is 3.37. The second-order valence-electron chi connectivity index (χ2n) is 5.06. The first-order valence-electron chi connectivity index (χ1n) is 6.99. The largest absolute Gasteiger partial charge is 0.473 e. The molecule has 0 aliphatic carbocycles. The van der Waals surface area contributed by atoms with Gasteiger partial charge in [0.15, 0.2) is 5.84 Å². The Morgan fingerprint density at radius 2 is 1.90 bits per heavy atom. The van der Waals surface area contributed by atoms with E-state index in [1.165, 1.54) is 0 Å². The Morgan fingerprint density at radius 3 is 2.35 bits per heavy atom. The first-order chi connectivity index (χ1) is 9.46. The summed E-state index contributed by atoms with van der Waals surface area (Å²) in [5.74, 6) is 0.667. The number of hydrogen-bond acceptors (Lipinski definition) is 5. The fraction of sp³-hybridized carbons (Fsp3) is 0.643. The molecule has 3 N–H and O–H groups in total. The summed E-state index contributed by atoms with van der Waals surface area (Å²) in [6.45, 7) is 10.1. The first kappa shape index (κ1) is 16.2. The molecule has 0 saturated carbocycles. The molecule has 1 rings (SSSR count). The molecule has 0 aliphatic rings. The summed E-state index contributed by atoms with van der Waals surface area (Å²) in [4.78, 5) is 0. The summed E-state index contributed by atoms with van der Waals surface area (Å²) in [5.41, 5.74) is 8.12. The Hall–Kier alpha value is -1.85. The summed E-state index contributed by atoms with van der Waals surface area (Å²) >= 11 is 0. The van der Waals surface area contributed by atoms with Gasteiger partial charge in [0, 0.05) is 0 Å². The predicted molar refractivity (Wildman–Crippen MR) is 78.2 cm³/mol. The van der Waals surface area contributed by atoms with Crippen molar-refractivity contribution in [3.05, 3.63) is 16.8 Å². The molecule has 0 fully saturated rings. The number of amidine groups is 1. The number of oxime groups is 1. The third kappa shape index (κ3) is 3.37. The maximum atomic E-state index is 9.00. The van der Waals surface area contributed by atoms with E-state index in [0.29, 0.717) is 17.4 Å². The van der Waals surface area contributed by atoms with Gasteiger partial charge in [-0.05, 0) is 31.2 Å². The minimum atomic E-state index is -0.0354. The zero-order valence-corrected chi connectivity index (χ0v) is 12.8. The van der Waals surface area contributed by atoms with Crippen LogP contribution >= 0.6 is 0 Å². The Morgan fingerprint density at radius 1 is 1.25 bits per heavy atom. The van der Waals surface area contributed by atoms with Gasteiger partial charge in [-0.1, -0.05) is 32.9 Å². The third-order valence-electron chi connectivity index (χ3n) is 3.41. The van der Waals surface area contributed by atoms with Gasteiger partial charge in [0.1, 0.15) is 0 Å². The maximum absolute atomic E-state index is 9.00. The highest BCUT2D eigenvalue weighted by Crippen LogP contribution is 2.24. The lowest BCUT2D eigenvalue weighted by atomic mass is 10.0. The molecule has 6 nitrogen and oxygen atoms in total. The molecule has 0 aromatic carbocycles. The molecular weight excluding hydrogens is 256 g/mol. The Kier molecular flexibility index (Phi) is 5.73. The van der Waals surface area contributed by atoms with Gasteiger partial charge in [-0.2, -0.15) is 5.10 Å². The van der Waals surface area contributed by atoms with E-state index in [4.69, 9.17) is 15.7 Å². The van der Waals surface area contributed by atoms with Gasteiger partial charge in [0.25, 0.3) is 0 Å². The van der Waals surface area contributed by atoms with E-state index < -0.39 is 0 Å². The van der Waals surface area contributed by atoms with Crippen molar-refractivity contribution in [3.63, 3.8) is 0 Å². The van der Waals surface area contributed by atoms with Crippen LogP contribution in [0.1, 0.15) is 51.4 Å². The van der Waals surface area contributed by atoms with E-state index >= 15 is 0 Å². The minimum Gasteiger partial charge on any atom is -0.473 e. The molecule has 0 saturated heterocycles. The van der Waals surface area contributed by atoms with Crippen LogP contribution in [0.3, 0.4) is 0 Å². The quantitative estimate of drug-likeness (QED) is 0.360. The Bertz CT molecular complexity index is 486. The number of aromatic nitrogens is 2. The van der Waals surface area contributed by atoms with Gasteiger partial charge in [-0.3, -0.25) is 0 Å². The summed E-state index contributed by atoms with van der Waals surface area (Å²) < 4.78 is 5.83. The normalized spacial score (nSPS) is 13.6. The van der Waals surface area contributed by atoms with Crippen LogP contribution in [0.25, 0.3) is 0 Å². The summed E-state index contributed by atoms with van der Waals surface area (Å²) in [5, 5.41) is 20.4. The lowest BCUT2D eigenvalue weighted by Crippen LogP contribution is -2.25. The van der Waals surface area contributed by atoms with E-state index in [1.54, 1.807) is 0 Å². The molecule has 0 spiro atoms. The fourth-order valence-electron chi connectivity index (χ4n) is 1.86. The highest BCUT2D eigenvalue weighted by molar-refractivity contribution is 6.00. The van der Waals surface area contributed by atoms with Crippen molar-refractivity contribution in [3.8, 4) is 5.88 Å². The molecule has 112 valence electrons. The lowest BCUT2D eigenvalue weighted by molar-refractivity contribution is 0.161. The lowest BCUT2D eigenvalue weighted by Gasteiger charge is -2.20. The van der Waals surface area contributed by atoms with Crippen molar-refractivity contribution in [1.82, 2.24) is 10.2 Å². The zero-order chi connectivity index (χ0) is 15.3. The van der Waals surface area contributed by atoms with Crippen LogP contribution in [0.2, 0.25) is 0 Å². The van der Waals surface area contributed by atoms with Gasteiger partial charge in [-0.25, -0.2) is 0 Å². The average molecular weight is 280 g/mol. The molecule has 1 aromatic rings. The molecule has 1 atom stereocenters. The monoisotopic (exact) mass is 280 g/mol. The second kappa shape index (κ2) is 7.07. The van der Waals surface area contributed by atoms with Gasteiger partial charge in [0.2, 0.25) is 5.88 Å². The summed E-state index contributed by atoms with van der Waals surface area (Å²) in [7, 11) is 0. The predicted octanol–water partition coefficient (Wildman–Crippen LogP) is 2.12. The third-order valence-corrected chi connectivity index (χ3v) is 3.41. The van der Waals surface area contributed by atoms with Crippen molar-refractivity contribution in [2.45, 2.75) is 53.6 Å². The second-order valence-corrected chi connectivity index (χ2v) is 5.06. The maximum Gasteiger partial charge on any atom is 0.245 e. The number of aryl methyl sites for hydroxylation is 1. The van der Waals surface area contributed by atoms with Gasteiger partial charge >= 0.3 is 0 Å². The standard InChI is InChI=1S/C14H24N4O2/c1-6-10-11(7-2)16-17-14(12(10)13(15)18-19)20-9(5)8(3)4/h8-9,19H,6-7H2,1-5H3,(H2,15,18). The number of nitrogens with two attached hydrogens (primary N) is 1. The average Bonchev–Trinajstić information content (AvgIpc) is 2.45. The molecule has 1 unspecified atom stereocenters. The van der Waals surface area contributed by atoms with E-state index in [9.17, 15) is 0 Å². The molecule has 6 heteroatoms. The number of rotatable bonds is 6. The molecule has 0 aliphatic heterocycles. The fourth-order valence-corrected chi connectivity index (χ4v) is 1.86. The molecule has 0 bridgehead atoms. The molecular formula is C14H24N4O2. The van der Waals surface area contributed by atoms with Crippen molar-refractivity contribution < 1.29 is 9.94 Å². The molecule has 20 heavy (non-hydrogen) atoms. The molecule has 1 heterocycles. The van der Waals surface area contributed by atoms with Gasteiger partial charge < -0.3 is 15.7 Å². The van der Waals surface area contributed by atoms with Crippen LogP contribution in [0.4, 0.5) is 0 Å². The van der Waals surface area contributed by atoms with Crippen LogP contribution in [0, 0.1) is 5.92 Å². The van der Waals surface area contributed by atoms with Crippen LogP contribution in [-0.4, -0.2) is 27.3 Å². The van der Waals surface area contributed by atoms with Crippen LogP contribution in [0.5, 0.6) is 5.88 Å². The summed E-state index contributed by atoms with van der Waals surface area (Å²) in [6, 6.07) is 0. The van der Waals surface area contributed by atoms with E-state index in [0.717, 1.165) is 24.1 Å². The zero-order valence-electron chi connectivity index (χ0n) is 12.8. The number of hydrogen-bond donors (Lipinski definition) is 2. The van der Waals surface area contributed by atoms with Gasteiger partial charge in [0.05, 0.1) is 17.4 Å². The van der Waals surface area contributed by atoms with Crippen LogP contribution < -0.4 is 10.5 Å². The number of nitrogens with zero attached hydrogens (tertiary/aromatic N) is 3. The smallest absolute Gasteiger partial charge is 0.245 e. The highest BCUT2D eigenvalue weighted by Gasteiger charge is 2.21. The van der Waals surface area contributed by atoms with Crippen LogP contribution in [0.15, 0.2) is 5.16 Å². The first-order valence-corrected chi connectivity index (χ1v) is 6.99. The van der Waals surface area contributed by atoms with Gasteiger partial charge in [-0.15, -0.1) is 5.10 Å². The SMILES string of the molecule is CCc1nnc(OC(C)C(C)C)c(C(N)=NO)c1CC. The van der Waals surface area contributed by atoms with E-state index in [2.05, 4.69) is 29.2 Å². The van der Waals surface area contributed by atoms with Crippen molar-refractivity contribution in [1.29, 1.82) is 0 Å². The topological polar surface area (TPSA) is 93.6 Å². The van der Waals surface area contributed by atoms with Crippen molar-refractivity contribution in [2.24, 2.45) is 16.8 Å². The molecule has 0 amide bonds. The minimum absolute atomic E-state index is 0.0115. The number of ether oxygens (including phenoxy) is 1. The van der Waals surface area contributed by atoms with E-state index in [-0.39, 0.29) is 11.9 Å². The van der Waals surface area contributed by atoms with Crippen LogP contribution in [-0.2, 0) is 12.8 Å². The van der Waals surface area contributed by atoms with Crippen molar-refractivity contribution in [2.75, 3.05) is 0 Å². The summed E-state index contributed by atoms with van der Waals surface area (Å²) in [6.07, 6.45) is 1.42. The molecule has 0 radical (unpaired) electrons.